The number of hydrogen-bond acceptors (Lipinski definition) is 2. The number of hydrogen-bond donors (Lipinski definition) is 0. The molecule has 100 valence electrons. The summed E-state index contributed by atoms with van der Waals surface area (Å²) in [7, 11) is 0. The summed E-state index contributed by atoms with van der Waals surface area (Å²) in [5.74, 6) is 0. The predicted octanol–water partition coefficient (Wildman–Crippen LogP) is 4.81. The van der Waals surface area contributed by atoms with Gasteiger partial charge >= 0.3 is 0 Å². The second kappa shape index (κ2) is 5.59. The zero-order valence-electron chi connectivity index (χ0n) is 11.4. The molecule has 2 aromatic carbocycles. The average Bonchev–Trinajstić information content (AvgIpc) is 2.84. The van der Waals surface area contributed by atoms with Gasteiger partial charge in [-0.15, -0.1) is 11.3 Å². The maximum Gasteiger partial charge on any atom is 0.160 e. The quantitative estimate of drug-likeness (QED) is 0.627. The number of thiophene rings is 1. The Morgan fingerprint density at radius 3 is 2.50 bits per heavy atom. The number of carbonyl (C=O) groups excluding carboxylic acids is 1. The Balaban J connectivity index is 1.90. The van der Waals surface area contributed by atoms with Gasteiger partial charge in [-0.3, -0.25) is 4.79 Å². The molecule has 0 spiro atoms. The molecule has 0 saturated carbocycles. The molecule has 0 aliphatic heterocycles. The Kier molecular flexibility index (Phi) is 3.66. The van der Waals surface area contributed by atoms with Crippen LogP contribution in [0.1, 0.15) is 26.4 Å². The van der Waals surface area contributed by atoms with Crippen molar-refractivity contribution in [2.75, 3.05) is 0 Å². The molecule has 0 aliphatic carbocycles. The Morgan fingerprint density at radius 1 is 1.00 bits per heavy atom. The number of carbonyl (C=O) groups is 1. The number of benzene rings is 2. The normalized spacial score (nSPS) is 10.8. The van der Waals surface area contributed by atoms with Gasteiger partial charge in [-0.25, -0.2) is 0 Å². The van der Waals surface area contributed by atoms with E-state index in [4.69, 9.17) is 0 Å². The Morgan fingerprint density at radius 2 is 1.75 bits per heavy atom. The second-order valence-electron chi connectivity index (χ2n) is 5.04. The summed E-state index contributed by atoms with van der Waals surface area (Å²) in [5.41, 5.74) is 3.80. The summed E-state index contributed by atoms with van der Waals surface area (Å²) >= 11 is 1.59. The molecule has 0 aliphatic rings. The van der Waals surface area contributed by atoms with Gasteiger partial charge in [-0.1, -0.05) is 48.0 Å². The Bertz CT molecular complexity index is 738. The molecule has 0 N–H and O–H groups in total. The lowest BCUT2D eigenvalue weighted by atomic mass is 10.0. The second-order valence-corrected chi connectivity index (χ2v) is 6.13. The van der Waals surface area contributed by atoms with Crippen molar-refractivity contribution >= 4 is 27.7 Å². The zero-order chi connectivity index (χ0) is 13.9. The molecule has 2 heteroatoms. The summed E-state index contributed by atoms with van der Waals surface area (Å²) in [6.45, 7) is 2.10. The maximum atomic E-state index is 11.3. The molecular weight excluding hydrogens is 264 g/mol. The van der Waals surface area contributed by atoms with Crippen molar-refractivity contribution in [3.05, 3.63) is 70.1 Å². The van der Waals surface area contributed by atoms with Crippen molar-refractivity contribution < 1.29 is 4.79 Å². The summed E-state index contributed by atoms with van der Waals surface area (Å²) in [5, 5.41) is 1.23. The molecule has 0 saturated heterocycles. The van der Waals surface area contributed by atoms with E-state index in [0.29, 0.717) is 0 Å². The Labute approximate surface area is 122 Å². The van der Waals surface area contributed by atoms with Crippen molar-refractivity contribution in [2.24, 2.45) is 0 Å². The first-order valence-electron chi connectivity index (χ1n) is 6.79. The van der Waals surface area contributed by atoms with Crippen molar-refractivity contribution in [1.82, 2.24) is 0 Å². The van der Waals surface area contributed by atoms with Gasteiger partial charge in [0.15, 0.2) is 6.29 Å². The first kappa shape index (κ1) is 13.1. The minimum absolute atomic E-state index is 0.873. The lowest BCUT2D eigenvalue weighted by molar-refractivity contribution is 0.112. The van der Waals surface area contributed by atoms with Crippen LogP contribution in [0.15, 0.2) is 48.5 Å². The summed E-state index contributed by atoms with van der Waals surface area (Å²) < 4.78 is 1.20. The number of aryl methyl sites for hydroxylation is 3. The first-order valence-corrected chi connectivity index (χ1v) is 7.60. The van der Waals surface area contributed by atoms with Gasteiger partial charge in [0.1, 0.15) is 0 Å². The van der Waals surface area contributed by atoms with Gasteiger partial charge < -0.3 is 0 Å². The first-order chi connectivity index (χ1) is 9.78. The molecular formula is C18H16OS. The standard InChI is InChI=1S/C18H16OS/c1-13-6-8-14(9-7-13)10-11-16-15-4-2-3-5-17(15)20-18(16)12-19/h2-9,12H,10-11H2,1H3. The SMILES string of the molecule is Cc1ccc(CCc2c(C=O)sc3ccccc23)cc1. The van der Waals surface area contributed by atoms with Crippen LogP contribution in [-0.4, -0.2) is 6.29 Å². The van der Waals surface area contributed by atoms with Crippen LogP contribution in [0.4, 0.5) is 0 Å². The van der Waals surface area contributed by atoms with Gasteiger partial charge in [-0.2, -0.15) is 0 Å². The summed E-state index contributed by atoms with van der Waals surface area (Å²) in [4.78, 5) is 12.1. The van der Waals surface area contributed by atoms with Gasteiger partial charge in [0.25, 0.3) is 0 Å². The number of fused-ring (bicyclic) bond motifs is 1. The minimum atomic E-state index is 0.873. The van der Waals surface area contributed by atoms with Gasteiger partial charge in [0.05, 0.1) is 4.88 Å². The van der Waals surface area contributed by atoms with Crippen molar-refractivity contribution in [3.8, 4) is 0 Å². The van der Waals surface area contributed by atoms with Crippen LogP contribution in [0.2, 0.25) is 0 Å². The van der Waals surface area contributed by atoms with E-state index < -0.39 is 0 Å². The van der Waals surface area contributed by atoms with Crippen molar-refractivity contribution in [2.45, 2.75) is 19.8 Å². The van der Waals surface area contributed by atoms with E-state index in [9.17, 15) is 4.79 Å². The number of rotatable bonds is 4. The molecule has 1 aromatic heterocycles. The molecule has 0 unspecified atom stereocenters. The van der Waals surface area contributed by atoms with Gasteiger partial charge in [-0.05, 0) is 42.3 Å². The van der Waals surface area contributed by atoms with E-state index in [2.05, 4.69) is 43.3 Å². The van der Waals surface area contributed by atoms with Crippen LogP contribution >= 0.6 is 11.3 Å². The monoisotopic (exact) mass is 280 g/mol. The summed E-state index contributed by atoms with van der Waals surface area (Å²) in [6.07, 6.45) is 2.89. The fourth-order valence-corrected chi connectivity index (χ4v) is 3.56. The lowest BCUT2D eigenvalue weighted by Gasteiger charge is -2.03. The molecule has 3 aromatic rings. The van der Waals surface area contributed by atoms with E-state index in [1.54, 1.807) is 11.3 Å². The molecule has 0 atom stereocenters. The highest BCUT2D eigenvalue weighted by molar-refractivity contribution is 7.20. The molecule has 1 nitrogen and oxygen atoms in total. The Hall–Kier alpha value is -1.93. The molecule has 0 fully saturated rings. The molecule has 0 amide bonds. The van der Waals surface area contributed by atoms with Crippen LogP contribution in [-0.2, 0) is 12.8 Å². The number of aldehydes is 1. The van der Waals surface area contributed by atoms with E-state index in [1.807, 2.05) is 12.1 Å². The predicted molar refractivity (Wildman–Crippen MR) is 85.8 cm³/mol. The van der Waals surface area contributed by atoms with Crippen molar-refractivity contribution in [1.29, 1.82) is 0 Å². The van der Waals surface area contributed by atoms with Crippen LogP contribution < -0.4 is 0 Å². The van der Waals surface area contributed by atoms with E-state index in [0.717, 1.165) is 24.0 Å². The molecule has 1 heterocycles. The fraction of sp³-hybridized carbons (Fsp3) is 0.167. The topological polar surface area (TPSA) is 17.1 Å². The third kappa shape index (κ3) is 2.52. The molecule has 20 heavy (non-hydrogen) atoms. The highest BCUT2D eigenvalue weighted by atomic mass is 32.1. The van der Waals surface area contributed by atoms with Crippen molar-refractivity contribution in [3.63, 3.8) is 0 Å². The lowest BCUT2D eigenvalue weighted by Crippen LogP contribution is -1.93. The third-order valence-corrected chi connectivity index (χ3v) is 4.76. The van der Waals surface area contributed by atoms with Gasteiger partial charge in [0.2, 0.25) is 0 Å². The van der Waals surface area contributed by atoms with Crippen LogP contribution in [0.5, 0.6) is 0 Å². The van der Waals surface area contributed by atoms with Gasteiger partial charge in [0, 0.05) is 4.70 Å². The minimum Gasteiger partial charge on any atom is -0.297 e. The highest BCUT2D eigenvalue weighted by Gasteiger charge is 2.11. The zero-order valence-corrected chi connectivity index (χ0v) is 12.2. The maximum absolute atomic E-state index is 11.3. The van der Waals surface area contributed by atoms with E-state index >= 15 is 0 Å². The van der Waals surface area contributed by atoms with Crippen LogP contribution in [0, 0.1) is 6.92 Å². The average molecular weight is 280 g/mol. The molecule has 3 rings (SSSR count). The van der Waals surface area contributed by atoms with Crippen LogP contribution in [0.25, 0.3) is 10.1 Å². The van der Waals surface area contributed by atoms with Crippen LogP contribution in [0.3, 0.4) is 0 Å². The third-order valence-electron chi connectivity index (χ3n) is 3.62. The fourth-order valence-electron chi connectivity index (χ4n) is 2.49. The highest BCUT2D eigenvalue weighted by Crippen LogP contribution is 2.31. The summed E-state index contributed by atoms with van der Waals surface area (Å²) in [6, 6.07) is 16.9. The van der Waals surface area contributed by atoms with E-state index in [1.165, 1.54) is 26.8 Å². The largest absolute Gasteiger partial charge is 0.297 e. The molecule has 0 radical (unpaired) electrons. The smallest absolute Gasteiger partial charge is 0.160 e. The van der Waals surface area contributed by atoms with E-state index in [-0.39, 0.29) is 0 Å². The molecule has 0 bridgehead atoms.